The highest BCUT2D eigenvalue weighted by Crippen LogP contribution is 2.32. The number of aromatic amines is 1. The number of aromatic nitrogens is 5. The van der Waals surface area contributed by atoms with Crippen LogP contribution in [-0.2, 0) is 13.2 Å². The van der Waals surface area contributed by atoms with E-state index in [0.717, 1.165) is 23.6 Å². The number of carbonyl (C=O) groups excluding carboxylic acids is 1. The maximum Gasteiger partial charge on any atom is 0.435 e. The van der Waals surface area contributed by atoms with Gasteiger partial charge in [-0.1, -0.05) is 0 Å². The molecule has 10 heteroatoms. The van der Waals surface area contributed by atoms with Crippen LogP contribution >= 0.6 is 0 Å². The lowest BCUT2D eigenvalue weighted by atomic mass is 10.0. The van der Waals surface area contributed by atoms with Gasteiger partial charge in [-0.05, 0) is 26.2 Å². The van der Waals surface area contributed by atoms with Crippen LogP contribution in [-0.4, -0.2) is 42.3 Å². The molecule has 1 saturated heterocycles. The van der Waals surface area contributed by atoms with Crippen molar-refractivity contribution in [3.63, 3.8) is 0 Å². The Bertz CT molecular complexity index is 750. The van der Waals surface area contributed by atoms with Crippen molar-refractivity contribution in [2.45, 2.75) is 38.4 Å². The van der Waals surface area contributed by atoms with Gasteiger partial charge >= 0.3 is 6.18 Å². The van der Waals surface area contributed by atoms with E-state index in [1.165, 1.54) is 11.9 Å². The average molecular weight is 342 g/mol. The third kappa shape index (κ3) is 3.00. The van der Waals surface area contributed by atoms with Gasteiger partial charge in [0.25, 0.3) is 5.91 Å². The Labute approximate surface area is 135 Å². The fourth-order valence-corrected chi connectivity index (χ4v) is 2.91. The second-order valence-electron chi connectivity index (χ2n) is 5.83. The molecule has 1 amide bonds. The molecule has 2 aromatic heterocycles. The number of carbonyl (C=O) groups is 1. The first-order valence-electron chi connectivity index (χ1n) is 7.58. The summed E-state index contributed by atoms with van der Waals surface area (Å²) < 4.78 is 39.4. The minimum atomic E-state index is -4.58. The van der Waals surface area contributed by atoms with Crippen LogP contribution in [0.2, 0.25) is 0 Å². The van der Waals surface area contributed by atoms with Crippen molar-refractivity contribution in [2.75, 3.05) is 6.54 Å². The molecule has 1 unspecified atom stereocenters. The fourth-order valence-electron chi connectivity index (χ4n) is 2.91. The second-order valence-corrected chi connectivity index (χ2v) is 5.83. The Hall–Kier alpha value is -2.39. The molecular weight excluding hydrogens is 325 g/mol. The molecule has 0 spiro atoms. The van der Waals surface area contributed by atoms with Crippen LogP contribution < -0.4 is 0 Å². The zero-order valence-corrected chi connectivity index (χ0v) is 13.3. The summed E-state index contributed by atoms with van der Waals surface area (Å²) in [4.78, 5) is 18.6. The summed E-state index contributed by atoms with van der Waals surface area (Å²) in [5.41, 5.74) is -1.17. The van der Waals surface area contributed by atoms with Crippen molar-refractivity contribution >= 4 is 5.91 Å². The number of H-pyrrole nitrogens is 1. The molecule has 0 bridgehead atoms. The number of hydrogen-bond acceptors (Lipinski definition) is 4. The number of halogens is 3. The predicted molar refractivity (Wildman–Crippen MR) is 77.0 cm³/mol. The van der Waals surface area contributed by atoms with Crippen molar-refractivity contribution in [3.05, 3.63) is 29.1 Å². The van der Waals surface area contributed by atoms with E-state index in [4.69, 9.17) is 0 Å². The zero-order chi connectivity index (χ0) is 17.5. The second kappa shape index (κ2) is 5.91. The van der Waals surface area contributed by atoms with Gasteiger partial charge in [0.15, 0.2) is 11.5 Å². The van der Waals surface area contributed by atoms with Crippen molar-refractivity contribution in [1.82, 2.24) is 29.9 Å². The van der Waals surface area contributed by atoms with Crippen LogP contribution in [0.5, 0.6) is 0 Å². The number of aryl methyl sites for hydroxylation is 2. The van der Waals surface area contributed by atoms with Crippen LogP contribution in [0.25, 0.3) is 0 Å². The molecule has 24 heavy (non-hydrogen) atoms. The number of piperidine rings is 1. The van der Waals surface area contributed by atoms with E-state index in [2.05, 4.69) is 20.3 Å². The van der Waals surface area contributed by atoms with Crippen LogP contribution in [0.4, 0.5) is 13.2 Å². The molecule has 1 aliphatic rings. The van der Waals surface area contributed by atoms with E-state index < -0.39 is 17.8 Å². The summed E-state index contributed by atoms with van der Waals surface area (Å²) in [5, 5.41) is 10.2. The maximum atomic E-state index is 12.8. The van der Waals surface area contributed by atoms with Crippen molar-refractivity contribution in [3.8, 4) is 0 Å². The van der Waals surface area contributed by atoms with Gasteiger partial charge < -0.3 is 4.90 Å². The summed E-state index contributed by atoms with van der Waals surface area (Å²) in [6.45, 7) is 2.20. The molecular formula is C14H17F3N6O. The number of rotatable bonds is 2. The van der Waals surface area contributed by atoms with Gasteiger partial charge in [-0.15, -0.1) is 0 Å². The molecule has 0 aliphatic carbocycles. The molecule has 0 radical (unpaired) electrons. The Balaban J connectivity index is 1.91. The van der Waals surface area contributed by atoms with Crippen LogP contribution in [0.15, 0.2) is 6.07 Å². The maximum absolute atomic E-state index is 12.8. The largest absolute Gasteiger partial charge is 0.435 e. The number of nitrogens with one attached hydrogen (secondary N) is 1. The SMILES string of the molecule is Cc1nc(C2CCCCN2C(=O)c2cc(C(F)(F)F)nn2C)n[nH]1. The lowest BCUT2D eigenvalue weighted by molar-refractivity contribution is -0.141. The molecule has 3 rings (SSSR count). The lowest BCUT2D eigenvalue weighted by Gasteiger charge is -2.33. The van der Waals surface area contributed by atoms with Gasteiger partial charge in [0.05, 0.1) is 6.04 Å². The summed E-state index contributed by atoms with van der Waals surface area (Å²) in [6.07, 6.45) is -2.22. The molecule has 0 aromatic carbocycles. The third-order valence-corrected chi connectivity index (χ3v) is 4.07. The van der Waals surface area contributed by atoms with Crippen molar-refractivity contribution in [1.29, 1.82) is 0 Å². The standard InChI is InChI=1S/C14H17F3N6O/c1-8-18-12(20-19-8)9-5-3-4-6-23(9)13(24)10-7-11(14(15,16)17)21-22(10)2/h7,9H,3-6H2,1-2H3,(H,18,19,20). The van der Waals surface area contributed by atoms with Crippen LogP contribution in [0, 0.1) is 6.92 Å². The minimum Gasteiger partial charge on any atom is -0.327 e. The van der Waals surface area contributed by atoms with E-state index in [1.807, 2.05) is 0 Å². The lowest BCUT2D eigenvalue weighted by Crippen LogP contribution is -2.39. The van der Waals surface area contributed by atoms with Crippen LogP contribution in [0.3, 0.4) is 0 Å². The summed E-state index contributed by atoms with van der Waals surface area (Å²) in [6, 6.07) is 0.442. The van der Waals surface area contributed by atoms with Crippen molar-refractivity contribution in [2.24, 2.45) is 7.05 Å². The molecule has 1 atom stereocenters. The molecule has 7 nitrogen and oxygen atoms in total. The van der Waals surface area contributed by atoms with E-state index in [-0.39, 0.29) is 11.7 Å². The predicted octanol–water partition coefficient (Wildman–Crippen LogP) is 2.23. The van der Waals surface area contributed by atoms with Crippen molar-refractivity contribution < 1.29 is 18.0 Å². The van der Waals surface area contributed by atoms with E-state index in [1.54, 1.807) is 6.92 Å². The first kappa shape index (κ1) is 16.5. The zero-order valence-electron chi connectivity index (χ0n) is 13.3. The van der Waals surface area contributed by atoms with E-state index >= 15 is 0 Å². The number of likely N-dealkylation sites (tertiary alicyclic amines) is 1. The normalized spacial score (nSPS) is 18.9. The molecule has 1 aliphatic heterocycles. The summed E-state index contributed by atoms with van der Waals surface area (Å²) >= 11 is 0. The quantitative estimate of drug-likeness (QED) is 0.908. The smallest absolute Gasteiger partial charge is 0.327 e. The van der Waals surface area contributed by atoms with Crippen LogP contribution in [0.1, 0.15) is 53.1 Å². The molecule has 130 valence electrons. The van der Waals surface area contributed by atoms with Gasteiger partial charge in [-0.3, -0.25) is 14.6 Å². The average Bonchev–Trinajstić information content (AvgIpc) is 3.12. The summed E-state index contributed by atoms with van der Waals surface area (Å²) in [7, 11) is 1.33. The molecule has 2 aromatic rings. The molecule has 0 saturated carbocycles. The Morgan fingerprint density at radius 2 is 2.12 bits per heavy atom. The van der Waals surface area contributed by atoms with E-state index in [0.29, 0.717) is 24.6 Å². The highest BCUT2D eigenvalue weighted by Gasteiger charge is 2.38. The molecule has 1 N–H and O–H groups in total. The number of amides is 1. The third-order valence-electron chi connectivity index (χ3n) is 4.07. The number of nitrogens with zero attached hydrogens (tertiary/aromatic N) is 5. The highest BCUT2D eigenvalue weighted by molar-refractivity contribution is 5.93. The van der Waals surface area contributed by atoms with Gasteiger partial charge in [-0.2, -0.15) is 23.4 Å². The molecule has 3 heterocycles. The summed E-state index contributed by atoms with van der Waals surface area (Å²) in [5.74, 6) is 0.620. The van der Waals surface area contributed by atoms with Gasteiger partial charge in [-0.25, -0.2) is 4.98 Å². The van der Waals surface area contributed by atoms with Gasteiger partial charge in [0.2, 0.25) is 0 Å². The number of alkyl halides is 3. The van der Waals surface area contributed by atoms with Gasteiger partial charge in [0, 0.05) is 19.7 Å². The Kier molecular flexibility index (Phi) is 4.06. The Morgan fingerprint density at radius 3 is 2.71 bits per heavy atom. The first-order valence-corrected chi connectivity index (χ1v) is 7.58. The monoisotopic (exact) mass is 342 g/mol. The first-order chi connectivity index (χ1) is 11.3. The van der Waals surface area contributed by atoms with E-state index in [9.17, 15) is 18.0 Å². The highest BCUT2D eigenvalue weighted by atomic mass is 19.4. The number of hydrogen-bond donors (Lipinski definition) is 1. The Morgan fingerprint density at radius 1 is 1.38 bits per heavy atom. The fraction of sp³-hybridized carbons (Fsp3) is 0.571. The molecule has 1 fully saturated rings. The topological polar surface area (TPSA) is 79.7 Å². The van der Waals surface area contributed by atoms with Gasteiger partial charge in [0.1, 0.15) is 11.5 Å². The minimum absolute atomic E-state index is 0.0958.